The zero-order chi connectivity index (χ0) is 22.4. The van der Waals surface area contributed by atoms with Crippen molar-refractivity contribution >= 4 is 17.8 Å². The number of aryl methyl sites for hydroxylation is 1. The molecular formula is C22H34N3O4+. The molecule has 0 bridgehead atoms. The van der Waals surface area contributed by atoms with Crippen molar-refractivity contribution in [1.82, 2.24) is 9.80 Å². The lowest BCUT2D eigenvalue weighted by Crippen LogP contribution is -2.55. The molecule has 0 aromatic heterocycles. The Kier molecular flexibility index (Phi) is 8.70. The quantitative estimate of drug-likeness (QED) is 0.500. The van der Waals surface area contributed by atoms with Gasteiger partial charge in [-0.05, 0) is 26.3 Å². The minimum Gasteiger partial charge on any atom is -0.418 e. The Morgan fingerprint density at radius 3 is 2.17 bits per heavy atom. The number of nitrogens with two attached hydrogens (primary N) is 1. The summed E-state index contributed by atoms with van der Waals surface area (Å²) in [6.07, 6.45) is 0.325. The van der Waals surface area contributed by atoms with Gasteiger partial charge in [0.25, 0.3) is 0 Å². The molecule has 2 N–H and O–H groups in total. The highest BCUT2D eigenvalue weighted by molar-refractivity contribution is 5.91. The number of hydrogen-bond donors (Lipinski definition) is 1. The predicted octanol–water partition coefficient (Wildman–Crippen LogP) is 1.72. The molecule has 7 heteroatoms. The summed E-state index contributed by atoms with van der Waals surface area (Å²) in [6.45, 7) is 12.5. The van der Waals surface area contributed by atoms with E-state index in [2.05, 4.69) is 6.92 Å². The maximum Gasteiger partial charge on any atom is 0.329 e. The van der Waals surface area contributed by atoms with Gasteiger partial charge in [-0.25, -0.2) is 4.79 Å². The maximum atomic E-state index is 13.2. The van der Waals surface area contributed by atoms with E-state index in [9.17, 15) is 14.4 Å². The minimum atomic E-state index is -0.886. The fraction of sp³-hybridized carbons (Fsp3) is 0.545. The summed E-state index contributed by atoms with van der Waals surface area (Å²) >= 11 is 0. The molecule has 0 aliphatic rings. The van der Waals surface area contributed by atoms with Crippen LogP contribution in [-0.2, 0) is 25.5 Å². The zero-order valence-corrected chi connectivity index (χ0v) is 18.4. The molecule has 0 heterocycles. The van der Waals surface area contributed by atoms with Crippen molar-refractivity contribution in [2.45, 2.75) is 58.7 Å². The van der Waals surface area contributed by atoms with Crippen LogP contribution in [0.4, 0.5) is 0 Å². The summed E-state index contributed by atoms with van der Waals surface area (Å²) < 4.78 is 5.20. The highest BCUT2D eigenvalue weighted by Crippen LogP contribution is 2.15. The van der Waals surface area contributed by atoms with Gasteiger partial charge in [-0.1, -0.05) is 29.8 Å². The second kappa shape index (κ2) is 10.3. The van der Waals surface area contributed by atoms with Gasteiger partial charge in [0.2, 0.25) is 17.4 Å². The van der Waals surface area contributed by atoms with Crippen LogP contribution in [0.25, 0.3) is 0 Å². The second-order valence-corrected chi connectivity index (χ2v) is 8.05. The molecule has 0 spiro atoms. The average Bonchev–Trinajstić information content (AvgIpc) is 2.60. The van der Waals surface area contributed by atoms with Crippen LogP contribution in [0, 0.1) is 13.8 Å². The van der Waals surface area contributed by atoms with Gasteiger partial charge in [-0.15, -0.1) is 0 Å². The monoisotopic (exact) mass is 404 g/mol. The van der Waals surface area contributed by atoms with Crippen molar-refractivity contribution in [3.05, 3.63) is 42.3 Å². The van der Waals surface area contributed by atoms with Crippen molar-refractivity contribution < 1.29 is 19.1 Å². The molecule has 2 amide bonds. The molecule has 0 aliphatic carbocycles. The van der Waals surface area contributed by atoms with Crippen LogP contribution in [0.2, 0.25) is 0 Å². The number of amides is 2. The molecule has 0 aliphatic heterocycles. The largest absolute Gasteiger partial charge is 0.418 e. The van der Waals surface area contributed by atoms with Gasteiger partial charge in [0.1, 0.15) is 19.5 Å². The van der Waals surface area contributed by atoms with E-state index in [1.54, 1.807) is 27.7 Å². The van der Waals surface area contributed by atoms with Crippen molar-refractivity contribution in [2.24, 2.45) is 5.73 Å². The Labute approximate surface area is 174 Å². The molecule has 0 radical (unpaired) electrons. The molecule has 7 nitrogen and oxygen atoms in total. The van der Waals surface area contributed by atoms with E-state index in [0.717, 1.165) is 11.1 Å². The summed E-state index contributed by atoms with van der Waals surface area (Å²) in [7, 11) is 1.52. The van der Waals surface area contributed by atoms with Gasteiger partial charge >= 0.3 is 5.97 Å². The van der Waals surface area contributed by atoms with E-state index in [0.29, 0.717) is 13.0 Å². The molecular weight excluding hydrogens is 370 g/mol. The second-order valence-electron chi connectivity index (χ2n) is 8.05. The third-order valence-corrected chi connectivity index (χ3v) is 4.36. The van der Waals surface area contributed by atoms with Crippen molar-refractivity contribution in [3.63, 3.8) is 0 Å². The normalized spacial score (nSPS) is 13.3. The van der Waals surface area contributed by atoms with Crippen LogP contribution in [0.5, 0.6) is 0 Å². The van der Waals surface area contributed by atoms with Gasteiger partial charge in [0.15, 0.2) is 0 Å². The number of benzene rings is 1. The number of hydrogen-bond acceptors (Lipinski definition) is 5. The summed E-state index contributed by atoms with van der Waals surface area (Å²) in [5.41, 5.74) is 6.93. The SMILES string of the molecule is [CH2+]C(C)(C)OC(=O)CN(C)C(=O)[C@H](Cc1ccc(C)cc1)N(CC)C(=O)[C@H](C)N. The first kappa shape index (κ1) is 24.5. The smallest absolute Gasteiger partial charge is 0.329 e. The number of nitrogens with zero attached hydrogens (tertiary/aromatic N) is 2. The first-order chi connectivity index (χ1) is 13.4. The first-order valence-corrected chi connectivity index (χ1v) is 9.79. The number of carbonyl (C=O) groups is 3. The van der Waals surface area contributed by atoms with Gasteiger partial charge < -0.3 is 20.3 Å². The lowest BCUT2D eigenvalue weighted by atomic mass is 10.0. The fourth-order valence-corrected chi connectivity index (χ4v) is 2.94. The first-order valence-electron chi connectivity index (χ1n) is 9.79. The van der Waals surface area contributed by atoms with Crippen LogP contribution in [0.1, 0.15) is 38.8 Å². The van der Waals surface area contributed by atoms with Crippen molar-refractivity contribution in [1.29, 1.82) is 0 Å². The van der Waals surface area contributed by atoms with E-state index in [-0.39, 0.29) is 18.4 Å². The third-order valence-electron chi connectivity index (χ3n) is 4.36. The Bertz CT molecular complexity index is 708. The number of likely N-dealkylation sites (N-methyl/N-ethyl adjacent to an activating group) is 2. The molecule has 0 saturated heterocycles. The van der Waals surface area contributed by atoms with Crippen LogP contribution in [-0.4, -0.2) is 65.4 Å². The van der Waals surface area contributed by atoms with E-state index < -0.39 is 23.7 Å². The van der Waals surface area contributed by atoms with Crippen LogP contribution in [0.15, 0.2) is 24.3 Å². The topological polar surface area (TPSA) is 92.9 Å². The number of carbonyl (C=O) groups excluding carboxylic acids is 3. The number of rotatable bonds is 9. The molecule has 2 atom stereocenters. The molecule has 1 aromatic rings. The van der Waals surface area contributed by atoms with Gasteiger partial charge in [0, 0.05) is 33.9 Å². The Morgan fingerprint density at radius 1 is 1.17 bits per heavy atom. The predicted molar refractivity (Wildman–Crippen MR) is 113 cm³/mol. The summed E-state index contributed by atoms with van der Waals surface area (Å²) in [4.78, 5) is 40.7. The minimum absolute atomic E-state index is 0.230. The van der Waals surface area contributed by atoms with Crippen molar-refractivity contribution in [2.75, 3.05) is 20.1 Å². The Morgan fingerprint density at radius 2 is 1.72 bits per heavy atom. The van der Waals surface area contributed by atoms with Gasteiger partial charge in [-0.2, -0.15) is 0 Å². The van der Waals surface area contributed by atoms with E-state index >= 15 is 0 Å². The Balaban J connectivity index is 3.10. The zero-order valence-electron chi connectivity index (χ0n) is 18.4. The average molecular weight is 405 g/mol. The van der Waals surface area contributed by atoms with Crippen molar-refractivity contribution in [3.8, 4) is 0 Å². The van der Waals surface area contributed by atoms with E-state index in [4.69, 9.17) is 10.5 Å². The highest BCUT2D eigenvalue weighted by atomic mass is 16.6. The van der Waals surface area contributed by atoms with Crippen LogP contribution >= 0.6 is 0 Å². The summed E-state index contributed by atoms with van der Waals surface area (Å²) in [5.74, 6) is -1.22. The van der Waals surface area contributed by atoms with Gasteiger partial charge in [-0.3, -0.25) is 9.59 Å². The fourth-order valence-electron chi connectivity index (χ4n) is 2.94. The van der Waals surface area contributed by atoms with Crippen LogP contribution in [0.3, 0.4) is 0 Å². The van der Waals surface area contributed by atoms with Gasteiger partial charge in [0.05, 0.1) is 6.04 Å². The molecule has 1 rings (SSSR count). The lowest BCUT2D eigenvalue weighted by molar-refractivity contribution is -0.158. The standard InChI is InChI=1S/C22H34N3O4/c1-8-25(20(27)16(3)23)18(13-17-11-9-15(2)10-12-17)21(28)24(7)14-19(26)29-22(4,5)6/h9-12,16,18H,4,8,13-14,23H2,1-3,5-7H3/q+1/t16-,18-/m0/s1. The lowest BCUT2D eigenvalue weighted by Gasteiger charge is -2.34. The molecule has 0 saturated carbocycles. The molecule has 160 valence electrons. The van der Waals surface area contributed by atoms with E-state index in [1.807, 2.05) is 31.2 Å². The number of esters is 1. The Hall–Kier alpha value is -2.54. The van der Waals surface area contributed by atoms with E-state index in [1.165, 1.54) is 16.8 Å². The molecule has 29 heavy (non-hydrogen) atoms. The third kappa shape index (κ3) is 7.77. The molecule has 1 aromatic carbocycles. The van der Waals surface area contributed by atoms with Crippen LogP contribution < -0.4 is 5.73 Å². The molecule has 0 unspecified atom stereocenters. The summed E-state index contributed by atoms with van der Waals surface area (Å²) in [5, 5.41) is 0. The highest BCUT2D eigenvalue weighted by Gasteiger charge is 2.33. The summed E-state index contributed by atoms with van der Waals surface area (Å²) in [6, 6.07) is 6.27. The molecule has 0 fully saturated rings. The maximum absolute atomic E-state index is 13.2. The number of ether oxygens (including phenoxy) is 1.